The van der Waals surface area contributed by atoms with Gasteiger partial charge in [0.2, 0.25) is 5.91 Å². The van der Waals surface area contributed by atoms with Gasteiger partial charge in [-0.2, -0.15) is 8.42 Å². The molecule has 2 aliphatic rings. The van der Waals surface area contributed by atoms with E-state index < -0.39 is 10.1 Å². The predicted molar refractivity (Wildman–Crippen MR) is 87.4 cm³/mol. The van der Waals surface area contributed by atoms with Gasteiger partial charge in [-0.3, -0.25) is 4.79 Å². The van der Waals surface area contributed by atoms with Crippen LogP contribution >= 0.6 is 0 Å². The van der Waals surface area contributed by atoms with E-state index >= 15 is 0 Å². The highest BCUT2D eigenvalue weighted by Crippen LogP contribution is 2.36. The third kappa shape index (κ3) is 3.86. The Labute approximate surface area is 137 Å². The molecule has 23 heavy (non-hydrogen) atoms. The van der Waals surface area contributed by atoms with Crippen LogP contribution in [0, 0.1) is 5.92 Å². The minimum absolute atomic E-state index is 0.0747. The molecule has 1 amide bonds. The molecule has 0 aliphatic heterocycles. The first-order chi connectivity index (χ1) is 11.0. The minimum Gasteiger partial charge on any atom is -0.382 e. The molecule has 126 valence electrons. The maximum atomic E-state index is 12.6. The Hall–Kier alpha value is -1.56. The fourth-order valence-electron chi connectivity index (χ4n) is 2.76. The number of amides is 1. The van der Waals surface area contributed by atoms with Crippen LogP contribution in [0.15, 0.2) is 24.3 Å². The monoisotopic (exact) mass is 337 g/mol. The average Bonchev–Trinajstić information content (AvgIpc) is 3.28. The Morgan fingerprint density at radius 3 is 2.48 bits per heavy atom. The zero-order valence-electron chi connectivity index (χ0n) is 13.4. The molecule has 3 rings (SSSR count). The van der Waals surface area contributed by atoms with Crippen molar-refractivity contribution in [2.75, 3.05) is 5.75 Å². The first kappa shape index (κ1) is 16.3. The third-order valence-electron chi connectivity index (χ3n) is 4.61. The molecule has 0 aromatic heterocycles. The molecule has 1 aromatic carbocycles. The number of para-hydroxylation sites is 1. The molecule has 6 heteroatoms. The standard InChI is InChI=1S/C17H23NO4S/c1-2-23(20,21)22-16-9-4-3-6-14(16)12-18(15-10-11-15)17(19)13-7-5-8-13/h3-4,6,9,13,15H,2,5,7-8,10-12H2,1H3. The van der Waals surface area contributed by atoms with Gasteiger partial charge >= 0.3 is 10.1 Å². The summed E-state index contributed by atoms with van der Waals surface area (Å²) in [6.45, 7) is 1.98. The molecule has 0 atom stereocenters. The lowest BCUT2D eigenvalue weighted by Gasteiger charge is -2.32. The Morgan fingerprint density at radius 2 is 1.91 bits per heavy atom. The second-order valence-corrected chi connectivity index (χ2v) is 8.22. The summed E-state index contributed by atoms with van der Waals surface area (Å²) in [6, 6.07) is 7.39. The highest BCUT2D eigenvalue weighted by molar-refractivity contribution is 7.87. The zero-order chi connectivity index (χ0) is 16.4. The Kier molecular flexibility index (Phi) is 4.62. The third-order valence-corrected chi connectivity index (χ3v) is 5.75. The van der Waals surface area contributed by atoms with Gasteiger partial charge in [-0.1, -0.05) is 24.6 Å². The van der Waals surface area contributed by atoms with Crippen LogP contribution in [0.2, 0.25) is 0 Å². The van der Waals surface area contributed by atoms with Gasteiger partial charge < -0.3 is 9.08 Å². The molecule has 2 fully saturated rings. The quantitative estimate of drug-likeness (QED) is 0.718. The molecule has 0 spiro atoms. The summed E-state index contributed by atoms with van der Waals surface area (Å²) in [4.78, 5) is 14.6. The van der Waals surface area contributed by atoms with Crippen LogP contribution in [-0.2, 0) is 21.5 Å². The van der Waals surface area contributed by atoms with E-state index in [0.717, 1.165) is 37.7 Å². The molecule has 0 bridgehead atoms. The van der Waals surface area contributed by atoms with Crippen molar-refractivity contribution in [3.8, 4) is 5.75 Å². The smallest absolute Gasteiger partial charge is 0.308 e. The molecule has 2 aliphatic carbocycles. The number of hydrogen-bond acceptors (Lipinski definition) is 4. The van der Waals surface area contributed by atoms with Crippen molar-refractivity contribution in [3.63, 3.8) is 0 Å². The van der Waals surface area contributed by atoms with Crippen molar-refractivity contribution in [2.45, 2.75) is 51.6 Å². The summed E-state index contributed by atoms with van der Waals surface area (Å²) in [5.41, 5.74) is 0.754. The molecule has 0 unspecified atom stereocenters. The first-order valence-corrected chi connectivity index (χ1v) is 9.88. The van der Waals surface area contributed by atoms with E-state index in [4.69, 9.17) is 4.18 Å². The molecular formula is C17H23NO4S. The Bertz CT molecular complexity index is 678. The number of carbonyl (C=O) groups is 1. The van der Waals surface area contributed by atoms with Crippen molar-refractivity contribution in [1.82, 2.24) is 4.90 Å². The summed E-state index contributed by atoms with van der Waals surface area (Å²) in [5, 5.41) is 0. The first-order valence-electron chi connectivity index (χ1n) is 8.30. The van der Waals surface area contributed by atoms with E-state index in [9.17, 15) is 13.2 Å². The largest absolute Gasteiger partial charge is 0.382 e. The van der Waals surface area contributed by atoms with Gasteiger partial charge in [0.25, 0.3) is 0 Å². The van der Waals surface area contributed by atoms with Gasteiger partial charge in [-0.15, -0.1) is 0 Å². The molecule has 0 heterocycles. The molecule has 2 saturated carbocycles. The van der Waals surface area contributed by atoms with E-state index in [1.54, 1.807) is 19.1 Å². The Balaban J connectivity index is 1.79. The average molecular weight is 337 g/mol. The summed E-state index contributed by atoms with van der Waals surface area (Å²) in [5.74, 6) is 0.630. The lowest BCUT2D eigenvalue weighted by molar-refractivity contribution is -0.139. The van der Waals surface area contributed by atoms with Gasteiger partial charge in [0.1, 0.15) is 5.75 Å². The van der Waals surface area contributed by atoms with Crippen LogP contribution in [0.5, 0.6) is 5.75 Å². The van der Waals surface area contributed by atoms with E-state index in [-0.39, 0.29) is 17.6 Å². The van der Waals surface area contributed by atoms with Gasteiger partial charge in [-0.25, -0.2) is 0 Å². The molecule has 0 N–H and O–H groups in total. The number of rotatable bonds is 7. The SMILES string of the molecule is CCS(=O)(=O)Oc1ccccc1CN(C(=O)C1CCC1)C1CC1. The van der Waals surface area contributed by atoms with Crippen LogP contribution in [0.4, 0.5) is 0 Å². The lowest BCUT2D eigenvalue weighted by atomic mass is 9.84. The molecule has 0 saturated heterocycles. The van der Waals surface area contributed by atoms with Gasteiger partial charge in [-0.05, 0) is 38.7 Å². The number of benzene rings is 1. The number of hydrogen-bond donors (Lipinski definition) is 0. The number of carbonyl (C=O) groups excluding carboxylic acids is 1. The summed E-state index contributed by atoms with van der Waals surface area (Å²) in [6.07, 6.45) is 5.15. The normalized spacial score (nSPS) is 18.3. The Morgan fingerprint density at radius 1 is 1.22 bits per heavy atom. The van der Waals surface area contributed by atoms with Crippen molar-refractivity contribution in [1.29, 1.82) is 0 Å². The van der Waals surface area contributed by atoms with E-state index in [1.165, 1.54) is 0 Å². The summed E-state index contributed by atoms with van der Waals surface area (Å²) < 4.78 is 28.7. The minimum atomic E-state index is -3.57. The zero-order valence-corrected chi connectivity index (χ0v) is 14.2. The maximum Gasteiger partial charge on any atom is 0.308 e. The second kappa shape index (κ2) is 6.51. The van der Waals surface area contributed by atoms with Crippen molar-refractivity contribution < 1.29 is 17.4 Å². The van der Waals surface area contributed by atoms with Gasteiger partial charge in [0, 0.05) is 24.1 Å². The fourth-order valence-corrected chi connectivity index (χ4v) is 3.31. The van der Waals surface area contributed by atoms with Gasteiger partial charge in [0.05, 0.1) is 5.75 Å². The van der Waals surface area contributed by atoms with Gasteiger partial charge in [0.15, 0.2) is 0 Å². The van der Waals surface area contributed by atoms with Crippen LogP contribution in [0.3, 0.4) is 0 Å². The van der Waals surface area contributed by atoms with Crippen molar-refractivity contribution >= 4 is 16.0 Å². The summed E-state index contributed by atoms with van der Waals surface area (Å²) in [7, 11) is -3.57. The second-order valence-electron chi connectivity index (χ2n) is 6.36. The van der Waals surface area contributed by atoms with Crippen molar-refractivity contribution in [3.05, 3.63) is 29.8 Å². The van der Waals surface area contributed by atoms with E-state index in [1.807, 2.05) is 17.0 Å². The highest BCUT2D eigenvalue weighted by atomic mass is 32.2. The van der Waals surface area contributed by atoms with Crippen molar-refractivity contribution in [2.24, 2.45) is 5.92 Å². The highest BCUT2D eigenvalue weighted by Gasteiger charge is 2.38. The van der Waals surface area contributed by atoms with E-state index in [2.05, 4.69) is 0 Å². The number of nitrogens with zero attached hydrogens (tertiary/aromatic N) is 1. The maximum absolute atomic E-state index is 12.6. The van der Waals surface area contributed by atoms with Crippen LogP contribution in [0.25, 0.3) is 0 Å². The molecule has 0 radical (unpaired) electrons. The van der Waals surface area contributed by atoms with Crippen LogP contribution < -0.4 is 4.18 Å². The predicted octanol–water partition coefficient (Wildman–Crippen LogP) is 2.71. The van der Waals surface area contributed by atoms with Crippen LogP contribution in [0.1, 0.15) is 44.6 Å². The summed E-state index contributed by atoms with van der Waals surface area (Å²) >= 11 is 0. The topological polar surface area (TPSA) is 63.7 Å². The molecule has 1 aromatic rings. The van der Waals surface area contributed by atoms with E-state index in [0.29, 0.717) is 18.3 Å². The van der Waals surface area contributed by atoms with Crippen LogP contribution in [-0.4, -0.2) is 31.0 Å². The molecule has 5 nitrogen and oxygen atoms in total. The lowest BCUT2D eigenvalue weighted by Crippen LogP contribution is -2.40. The molecular weight excluding hydrogens is 314 g/mol. The fraction of sp³-hybridized carbons (Fsp3) is 0.588.